The van der Waals surface area contributed by atoms with E-state index in [1.165, 1.54) is 11.3 Å². The Balaban J connectivity index is 1.04. The number of fused-ring (bicyclic) bond motifs is 3. The van der Waals surface area contributed by atoms with E-state index >= 15 is 0 Å². The molecule has 8 nitrogen and oxygen atoms in total. The van der Waals surface area contributed by atoms with Crippen LogP contribution in [0.15, 0.2) is 34.9 Å². The van der Waals surface area contributed by atoms with Gasteiger partial charge in [0.25, 0.3) is 0 Å². The number of ether oxygens (including phenoxy) is 1. The third-order valence-electron chi connectivity index (χ3n) is 9.32. The number of aromatic nitrogens is 2. The van der Waals surface area contributed by atoms with Crippen molar-refractivity contribution >= 4 is 61.8 Å². The Bertz CT molecular complexity index is 1740. The fraction of sp³-hybridized carbons (Fsp3) is 0.419. The molecule has 2 bridgehead atoms. The van der Waals surface area contributed by atoms with Crippen molar-refractivity contribution in [1.82, 2.24) is 10.1 Å². The number of benzene rings is 2. The lowest BCUT2D eigenvalue weighted by Crippen LogP contribution is -2.43. The van der Waals surface area contributed by atoms with Gasteiger partial charge in [-0.15, -0.1) is 0 Å². The molecule has 0 spiro atoms. The normalized spacial score (nSPS) is 23.7. The molecule has 3 atom stereocenters. The van der Waals surface area contributed by atoms with Crippen LogP contribution >= 0.6 is 34.5 Å². The molecule has 3 aliphatic carbocycles. The smallest absolute Gasteiger partial charge is 0.335 e. The number of hydrogen-bond acceptors (Lipinski definition) is 7. The minimum atomic E-state index is -0.943. The number of hydrogen-bond donors (Lipinski definition) is 1. The average Bonchev–Trinajstić information content (AvgIpc) is 3.24. The molecule has 4 aliphatic rings. The molecule has 0 radical (unpaired) electrons. The van der Waals surface area contributed by atoms with E-state index in [0.717, 1.165) is 59.2 Å². The summed E-state index contributed by atoms with van der Waals surface area (Å²) in [5.74, 6) is 0.263. The number of rotatable bonds is 8. The Kier molecular flexibility index (Phi) is 6.37. The number of carboxylic acid groups (broad SMARTS) is 1. The molecule has 2 aromatic heterocycles. The summed E-state index contributed by atoms with van der Waals surface area (Å²) in [6.45, 7) is 0.261. The summed E-state index contributed by atoms with van der Waals surface area (Å²) in [6, 6.07) is 8.80. The van der Waals surface area contributed by atoms with Gasteiger partial charge in [0.05, 0.1) is 44.5 Å². The number of halogens is 2. The number of amides is 1. The SMILES string of the molecule is O=C(O)c1cc(C2CCC2)c2nc(N3C(=O)[C@@H]4C[C@H]3C[C@H]4OCc3c(-c4c(Cl)cccc4Cl)noc3C3CC3)sc2c1. The minimum Gasteiger partial charge on any atom is -0.478 e. The highest BCUT2D eigenvalue weighted by Crippen LogP contribution is 2.49. The van der Waals surface area contributed by atoms with Crippen molar-refractivity contribution in [1.29, 1.82) is 0 Å². The fourth-order valence-corrected chi connectivity index (χ4v) is 8.47. The number of carbonyl (C=O) groups is 2. The Labute approximate surface area is 255 Å². The summed E-state index contributed by atoms with van der Waals surface area (Å²) >= 11 is 14.4. The number of aromatic carboxylic acids is 1. The quantitative estimate of drug-likeness (QED) is 0.213. The van der Waals surface area contributed by atoms with Crippen molar-refractivity contribution in [3.05, 3.63) is 62.8 Å². The van der Waals surface area contributed by atoms with Gasteiger partial charge < -0.3 is 14.4 Å². The molecular weight excluding hydrogens is 597 g/mol. The lowest BCUT2D eigenvalue weighted by atomic mass is 9.79. The van der Waals surface area contributed by atoms with Crippen LogP contribution in [0, 0.1) is 5.92 Å². The zero-order chi connectivity index (χ0) is 28.7. The predicted molar refractivity (Wildman–Crippen MR) is 160 cm³/mol. The molecule has 0 unspecified atom stereocenters. The molecule has 42 heavy (non-hydrogen) atoms. The number of anilines is 1. The number of nitrogens with zero attached hydrogens (tertiary/aromatic N) is 3. The van der Waals surface area contributed by atoms with Crippen LogP contribution in [-0.4, -0.2) is 39.3 Å². The Morgan fingerprint density at radius 3 is 2.57 bits per heavy atom. The molecule has 4 aromatic rings. The van der Waals surface area contributed by atoms with Crippen LogP contribution in [0.2, 0.25) is 10.0 Å². The maximum absolute atomic E-state index is 13.7. The largest absolute Gasteiger partial charge is 0.478 e. The third-order valence-corrected chi connectivity index (χ3v) is 10.9. The zero-order valence-electron chi connectivity index (χ0n) is 22.5. The number of carbonyl (C=O) groups excluding carboxylic acids is 1. The molecule has 11 heteroatoms. The Hall–Kier alpha value is -2.98. The van der Waals surface area contributed by atoms with E-state index in [9.17, 15) is 14.7 Å². The highest BCUT2D eigenvalue weighted by molar-refractivity contribution is 7.22. The van der Waals surface area contributed by atoms with Gasteiger partial charge in [-0.2, -0.15) is 0 Å². The average molecular weight is 625 g/mol. The van der Waals surface area contributed by atoms with Gasteiger partial charge in [0.2, 0.25) is 5.91 Å². The molecule has 8 rings (SSSR count). The molecule has 3 heterocycles. The lowest BCUT2D eigenvalue weighted by molar-refractivity contribution is -0.126. The zero-order valence-corrected chi connectivity index (χ0v) is 24.8. The topological polar surface area (TPSA) is 106 Å². The maximum Gasteiger partial charge on any atom is 0.335 e. The van der Waals surface area contributed by atoms with Crippen LogP contribution in [0.4, 0.5) is 5.13 Å². The van der Waals surface area contributed by atoms with Crippen LogP contribution in [0.1, 0.15) is 84.0 Å². The van der Waals surface area contributed by atoms with Gasteiger partial charge in [-0.1, -0.05) is 52.2 Å². The van der Waals surface area contributed by atoms with Crippen LogP contribution in [0.25, 0.3) is 21.5 Å². The van der Waals surface area contributed by atoms with E-state index in [1.807, 2.05) is 4.90 Å². The van der Waals surface area contributed by atoms with Gasteiger partial charge in [0, 0.05) is 23.1 Å². The molecule has 3 saturated carbocycles. The molecular formula is C31H27Cl2N3O5S. The molecule has 216 valence electrons. The van der Waals surface area contributed by atoms with Crippen molar-refractivity contribution in [3.8, 4) is 11.3 Å². The molecule has 2 aromatic carbocycles. The van der Waals surface area contributed by atoms with Crippen LogP contribution < -0.4 is 4.90 Å². The van der Waals surface area contributed by atoms with Gasteiger partial charge in [0.1, 0.15) is 11.5 Å². The van der Waals surface area contributed by atoms with Crippen molar-refractivity contribution < 1.29 is 24.0 Å². The second kappa shape index (κ2) is 10.0. The highest BCUT2D eigenvalue weighted by atomic mass is 35.5. The first kappa shape index (κ1) is 26.6. The number of carboxylic acids is 1. The summed E-state index contributed by atoms with van der Waals surface area (Å²) in [5, 5.41) is 15.7. The number of thiazole rings is 1. The van der Waals surface area contributed by atoms with Crippen molar-refractivity contribution in [2.75, 3.05) is 4.90 Å². The van der Waals surface area contributed by atoms with Gasteiger partial charge >= 0.3 is 5.97 Å². The molecule has 4 fully saturated rings. The van der Waals surface area contributed by atoms with E-state index in [4.69, 9.17) is 37.4 Å². The first-order valence-corrected chi connectivity index (χ1v) is 16.0. The summed E-state index contributed by atoms with van der Waals surface area (Å²) < 4.78 is 13.1. The van der Waals surface area contributed by atoms with Gasteiger partial charge in [-0.3, -0.25) is 9.69 Å². The molecule has 1 amide bonds. The van der Waals surface area contributed by atoms with Crippen LogP contribution in [-0.2, 0) is 16.1 Å². The van der Waals surface area contributed by atoms with E-state index in [0.29, 0.717) is 51.1 Å². The fourth-order valence-electron chi connectivity index (χ4n) is 6.78. The highest BCUT2D eigenvalue weighted by Gasteiger charge is 2.53. The monoisotopic (exact) mass is 623 g/mol. The van der Waals surface area contributed by atoms with Gasteiger partial charge in [-0.05, 0) is 74.3 Å². The van der Waals surface area contributed by atoms with Crippen molar-refractivity contribution in [2.24, 2.45) is 5.92 Å². The summed E-state index contributed by atoms with van der Waals surface area (Å²) in [5.41, 5.74) is 4.18. The van der Waals surface area contributed by atoms with E-state index in [1.54, 1.807) is 30.3 Å². The van der Waals surface area contributed by atoms with E-state index < -0.39 is 5.97 Å². The first-order valence-electron chi connectivity index (χ1n) is 14.4. The molecule has 1 aliphatic heterocycles. The summed E-state index contributed by atoms with van der Waals surface area (Å²) in [7, 11) is 0. The maximum atomic E-state index is 13.7. The Morgan fingerprint density at radius 2 is 1.90 bits per heavy atom. The third kappa shape index (κ3) is 4.27. The van der Waals surface area contributed by atoms with Crippen molar-refractivity contribution in [2.45, 2.75) is 75.5 Å². The van der Waals surface area contributed by atoms with Crippen LogP contribution in [0.5, 0.6) is 0 Å². The summed E-state index contributed by atoms with van der Waals surface area (Å²) in [4.78, 5) is 32.2. The molecule has 1 saturated heterocycles. The van der Waals surface area contributed by atoms with Gasteiger partial charge in [0.15, 0.2) is 5.13 Å². The minimum absolute atomic E-state index is 0.0120. The van der Waals surface area contributed by atoms with Crippen LogP contribution in [0.3, 0.4) is 0 Å². The van der Waals surface area contributed by atoms with Crippen molar-refractivity contribution in [3.63, 3.8) is 0 Å². The Morgan fingerprint density at radius 1 is 1.12 bits per heavy atom. The second-order valence-electron chi connectivity index (χ2n) is 11.9. The number of piperidine rings is 1. The standard InChI is InChI=1S/C31H27Cl2N3O5S/c32-21-5-2-6-22(33)25(21)27-20(28(41-35-27)15-7-8-15)13-40-23-12-17-11-19(23)29(37)36(17)31-34-26-18(14-3-1-4-14)9-16(30(38)39)10-24(26)42-31/h2,5-6,9-10,14-15,17,19,23H,1,3-4,7-8,11-13H2,(H,38,39)/t17-,19+,23+/m0/s1. The predicted octanol–water partition coefficient (Wildman–Crippen LogP) is 7.81. The first-order chi connectivity index (χ1) is 20.4. The van der Waals surface area contributed by atoms with Gasteiger partial charge in [-0.25, -0.2) is 9.78 Å². The van der Waals surface area contributed by atoms with E-state index in [2.05, 4.69) is 5.16 Å². The second-order valence-corrected chi connectivity index (χ2v) is 13.7. The summed E-state index contributed by atoms with van der Waals surface area (Å²) in [6.07, 6.45) is 6.48. The lowest BCUT2D eigenvalue weighted by Gasteiger charge is -2.29. The molecule has 1 N–H and O–H groups in total. The van der Waals surface area contributed by atoms with E-state index in [-0.39, 0.29) is 36.1 Å².